The van der Waals surface area contributed by atoms with Gasteiger partial charge in [0.2, 0.25) is 0 Å². The number of methoxy groups -OCH3 is 1. The molecule has 3 heteroatoms. The lowest BCUT2D eigenvalue weighted by molar-refractivity contribution is 0.165. The maximum Gasteiger partial charge on any atom is 0.135 e. The molecule has 0 spiro atoms. The molecule has 1 aromatic heterocycles. The lowest BCUT2D eigenvalue weighted by Crippen LogP contribution is -2.12. The van der Waals surface area contributed by atoms with Crippen LogP contribution >= 0.6 is 0 Å². The molecule has 1 aromatic carbocycles. The van der Waals surface area contributed by atoms with Crippen LogP contribution in [0.5, 0.6) is 0 Å². The molecule has 0 bridgehead atoms. The molecule has 2 rings (SSSR count). The highest BCUT2D eigenvalue weighted by atomic mass is 16.5. The molecule has 0 radical (unpaired) electrons. The average molecular weight is 219 g/mol. The maximum atomic E-state index is 5.77. The van der Waals surface area contributed by atoms with Gasteiger partial charge in [-0.05, 0) is 12.6 Å². The molecule has 0 aliphatic carbocycles. The molecule has 0 saturated carbocycles. The van der Waals surface area contributed by atoms with E-state index in [4.69, 9.17) is 9.15 Å². The Morgan fingerprint density at radius 3 is 2.88 bits per heavy atom. The summed E-state index contributed by atoms with van der Waals surface area (Å²) in [5.41, 5.74) is 2.14. The number of rotatable bonds is 5. The number of benzene rings is 1. The van der Waals surface area contributed by atoms with Gasteiger partial charge in [0.1, 0.15) is 18.0 Å². The van der Waals surface area contributed by atoms with Gasteiger partial charge in [0, 0.05) is 24.6 Å². The third-order valence-corrected chi connectivity index (χ3v) is 2.61. The van der Waals surface area contributed by atoms with E-state index in [1.165, 1.54) is 10.9 Å². The molecule has 0 amide bonds. The first-order valence-electron chi connectivity index (χ1n) is 5.55. The number of nitrogens with one attached hydrogen (secondary N) is 1. The van der Waals surface area contributed by atoms with Gasteiger partial charge in [0.15, 0.2) is 0 Å². The smallest absolute Gasteiger partial charge is 0.135 e. The zero-order valence-electron chi connectivity index (χ0n) is 9.75. The van der Waals surface area contributed by atoms with Crippen LogP contribution in [-0.4, -0.2) is 13.7 Å². The SMILES string of the molecule is CCNCc1c(COC)oc2ccccc12. The quantitative estimate of drug-likeness (QED) is 0.839. The van der Waals surface area contributed by atoms with Crippen molar-refractivity contribution in [2.24, 2.45) is 0 Å². The number of hydrogen-bond acceptors (Lipinski definition) is 3. The van der Waals surface area contributed by atoms with Gasteiger partial charge in [0.25, 0.3) is 0 Å². The van der Waals surface area contributed by atoms with Crippen molar-refractivity contribution in [1.82, 2.24) is 5.32 Å². The van der Waals surface area contributed by atoms with Gasteiger partial charge < -0.3 is 14.5 Å². The minimum absolute atomic E-state index is 0.523. The molecular weight excluding hydrogens is 202 g/mol. The van der Waals surface area contributed by atoms with Gasteiger partial charge in [-0.1, -0.05) is 25.1 Å². The Morgan fingerprint density at radius 2 is 2.12 bits per heavy atom. The zero-order valence-corrected chi connectivity index (χ0v) is 9.75. The van der Waals surface area contributed by atoms with Crippen LogP contribution < -0.4 is 5.32 Å². The summed E-state index contributed by atoms with van der Waals surface area (Å²) in [7, 11) is 1.68. The molecule has 0 unspecified atom stereocenters. The number of hydrogen-bond donors (Lipinski definition) is 1. The Hall–Kier alpha value is -1.32. The van der Waals surface area contributed by atoms with Crippen LogP contribution in [0, 0.1) is 0 Å². The molecule has 0 aliphatic heterocycles. The fourth-order valence-corrected chi connectivity index (χ4v) is 1.84. The maximum absolute atomic E-state index is 5.77. The molecule has 86 valence electrons. The first-order chi connectivity index (χ1) is 7.86. The molecule has 0 aliphatic rings. The van der Waals surface area contributed by atoms with Crippen LogP contribution in [0.2, 0.25) is 0 Å². The first kappa shape index (κ1) is 11.2. The third-order valence-electron chi connectivity index (χ3n) is 2.61. The van der Waals surface area contributed by atoms with Gasteiger partial charge >= 0.3 is 0 Å². The molecule has 0 saturated heterocycles. The van der Waals surface area contributed by atoms with Crippen LogP contribution in [0.25, 0.3) is 11.0 Å². The van der Waals surface area contributed by atoms with Gasteiger partial charge in [-0.2, -0.15) is 0 Å². The van der Waals surface area contributed by atoms with E-state index in [0.29, 0.717) is 6.61 Å². The largest absolute Gasteiger partial charge is 0.458 e. The van der Waals surface area contributed by atoms with Crippen LogP contribution in [-0.2, 0) is 17.9 Å². The zero-order chi connectivity index (χ0) is 11.4. The highest BCUT2D eigenvalue weighted by Crippen LogP contribution is 2.26. The molecule has 16 heavy (non-hydrogen) atoms. The topological polar surface area (TPSA) is 34.4 Å². The van der Waals surface area contributed by atoms with Crippen molar-refractivity contribution in [3.8, 4) is 0 Å². The summed E-state index contributed by atoms with van der Waals surface area (Å²) in [5.74, 6) is 0.921. The van der Waals surface area contributed by atoms with E-state index in [9.17, 15) is 0 Å². The molecule has 1 N–H and O–H groups in total. The second-order valence-electron chi connectivity index (χ2n) is 3.71. The minimum atomic E-state index is 0.523. The Kier molecular flexibility index (Phi) is 3.59. The second-order valence-corrected chi connectivity index (χ2v) is 3.71. The number of fused-ring (bicyclic) bond motifs is 1. The van der Waals surface area contributed by atoms with Gasteiger partial charge in [-0.15, -0.1) is 0 Å². The van der Waals surface area contributed by atoms with E-state index >= 15 is 0 Å². The average Bonchev–Trinajstić information content (AvgIpc) is 2.65. The Bertz CT molecular complexity index is 462. The van der Waals surface area contributed by atoms with Crippen LogP contribution in [0.4, 0.5) is 0 Å². The molecule has 3 nitrogen and oxygen atoms in total. The number of ether oxygens (including phenoxy) is 1. The van der Waals surface area contributed by atoms with Gasteiger partial charge in [-0.25, -0.2) is 0 Å². The van der Waals surface area contributed by atoms with Crippen molar-refractivity contribution in [2.45, 2.75) is 20.1 Å². The summed E-state index contributed by atoms with van der Waals surface area (Å²) in [5, 5.41) is 4.50. The highest BCUT2D eigenvalue weighted by molar-refractivity contribution is 5.82. The number of para-hydroxylation sites is 1. The van der Waals surface area contributed by atoms with E-state index in [1.54, 1.807) is 7.11 Å². The summed E-state index contributed by atoms with van der Waals surface area (Å²) in [6.07, 6.45) is 0. The van der Waals surface area contributed by atoms with E-state index in [-0.39, 0.29) is 0 Å². The molecular formula is C13H17NO2. The van der Waals surface area contributed by atoms with Crippen molar-refractivity contribution in [3.05, 3.63) is 35.6 Å². The Balaban J connectivity index is 2.42. The Labute approximate surface area is 95.4 Å². The summed E-state index contributed by atoms with van der Waals surface area (Å²) < 4.78 is 10.9. The summed E-state index contributed by atoms with van der Waals surface area (Å²) in [6, 6.07) is 8.10. The lowest BCUT2D eigenvalue weighted by atomic mass is 10.1. The van der Waals surface area contributed by atoms with Crippen molar-refractivity contribution >= 4 is 11.0 Å². The monoisotopic (exact) mass is 219 g/mol. The molecule has 0 atom stereocenters. The van der Waals surface area contributed by atoms with E-state index in [2.05, 4.69) is 18.3 Å². The molecule has 0 fully saturated rings. The van der Waals surface area contributed by atoms with E-state index in [0.717, 1.165) is 24.4 Å². The van der Waals surface area contributed by atoms with Gasteiger partial charge in [-0.3, -0.25) is 0 Å². The minimum Gasteiger partial charge on any atom is -0.458 e. The van der Waals surface area contributed by atoms with Crippen LogP contribution in [0.1, 0.15) is 18.2 Å². The first-order valence-corrected chi connectivity index (χ1v) is 5.55. The van der Waals surface area contributed by atoms with Crippen molar-refractivity contribution < 1.29 is 9.15 Å². The standard InChI is InChI=1S/C13H17NO2/c1-3-14-8-11-10-6-4-5-7-12(10)16-13(11)9-15-2/h4-7,14H,3,8-9H2,1-2H3. The predicted octanol–water partition coefficient (Wildman–Crippen LogP) is 2.69. The van der Waals surface area contributed by atoms with E-state index in [1.807, 2.05) is 18.2 Å². The third kappa shape index (κ3) is 2.10. The number of furan rings is 1. The highest BCUT2D eigenvalue weighted by Gasteiger charge is 2.12. The van der Waals surface area contributed by atoms with Crippen LogP contribution in [0.15, 0.2) is 28.7 Å². The fraction of sp³-hybridized carbons (Fsp3) is 0.385. The van der Waals surface area contributed by atoms with Crippen molar-refractivity contribution in [3.63, 3.8) is 0 Å². The van der Waals surface area contributed by atoms with Crippen molar-refractivity contribution in [1.29, 1.82) is 0 Å². The lowest BCUT2D eigenvalue weighted by Gasteiger charge is -2.02. The second kappa shape index (κ2) is 5.14. The summed E-state index contributed by atoms with van der Waals surface area (Å²) in [6.45, 7) is 4.39. The normalized spacial score (nSPS) is 11.1. The molecule has 1 heterocycles. The van der Waals surface area contributed by atoms with Crippen molar-refractivity contribution in [2.75, 3.05) is 13.7 Å². The molecule has 2 aromatic rings. The van der Waals surface area contributed by atoms with Crippen LogP contribution in [0.3, 0.4) is 0 Å². The Morgan fingerprint density at radius 1 is 1.31 bits per heavy atom. The summed E-state index contributed by atoms with van der Waals surface area (Å²) >= 11 is 0. The summed E-state index contributed by atoms with van der Waals surface area (Å²) in [4.78, 5) is 0. The van der Waals surface area contributed by atoms with E-state index < -0.39 is 0 Å². The fourth-order valence-electron chi connectivity index (χ4n) is 1.84. The van der Waals surface area contributed by atoms with Gasteiger partial charge in [0.05, 0.1) is 0 Å². The predicted molar refractivity (Wildman–Crippen MR) is 64.3 cm³/mol.